The Kier molecular flexibility index (Phi) is 5.97. The minimum absolute atomic E-state index is 0.109. The van der Waals surface area contributed by atoms with Crippen LogP contribution in [0.3, 0.4) is 0 Å². The van der Waals surface area contributed by atoms with Crippen LogP contribution >= 0.6 is 10.7 Å². The molecule has 1 aromatic rings. The number of ether oxygens (including phenoxy) is 2. The van der Waals surface area contributed by atoms with E-state index in [1.54, 1.807) is 13.8 Å². The largest absolute Gasteiger partial charge is 0.461 e. The zero-order valence-corrected chi connectivity index (χ0v) is 13.0. The van der Waals surface area contributed by atoms with Crippen molar-refractivity contribution in [2.24, 2.45) is 0 Å². The molecule has 1 N–H and O–H groups in total. The van der Waals surface area contributed by atoms with E-state index in [-0.39, 0.29) is 28.8 Å². The number of rotatable bonds is 7. The van der Waals surface area contributed by atoms with Gasteiger partial charge in [0.05, 0.1) is 12.3 Å². The first-order valence-corrected chi connectivity index (χ1v) is 8.29. The number of halogens is 1. The maximum atomic E-state index is 11.8. The van der Waals surface area contributed by atoms with E-state index in [1.807, 2.05) is 0 Å². The Labute approximate surface area is 122 Å². The molecule has 7 nitrogen and oxygen atoms in total. The topological polar surface area (TPSA) is 98.3 Å². The van der Waals surface area contributed by atoms with Crippen LogP contribution in [-0.4, -0.2) is 44.9 Å². The summed E-state index contributed by atoms with van der Waals surface area (Å²) in [7, 11) is 2.80. The molecule has 0 aromatic carbocycles. The first-order chi connectivity index (χ1) is 9.29. The third kappa shape index (κ3) is 4.19. The van der Waals surface area contributed by atoms with E-state index >= 15 is 0 Å². The SMILES string of the molecule is COCCCOC(=O)c1n[nH]c(C(C)C)c1S(=O)(=O)Cl. The van der Waals surface area contributed by atoms with Crippen molar-refractivity contribution in [3.05, 3.63) is 11.4 Å². The summed E-state index contributed by atoms with van der Waals surface area (Å²) in [5, 5.41) is 6.23. The first-order valence-electron chi connectivity index (χ1n) is 5.98. The summed E-state index contributed by atoms with van der Waals surface area (Å²) < 4.78 is 32.9. The van der Waals surface area contributed by atoms with Crippen LogP contribution in [0.1, 0.15) is 42.4 Å². The van der Waals surface area contributed by atoms with Gasteiger partial charge in [0, 0.05) is 30.8 Å². The van der Waals surface area contributed by atoms with Gasteiger partial charge in [-0.2, -0.15) is 5.10 Å². The average Bonchev–Trinajstić information content (AvgIpc) is 2.79. The summed E-state index contributed by atoms with van der Waals surface area (Å²) in [6, 6.07) is 0. The molecule has 9 heteroatoms. The Morgan fingerprint density at radius 1 is 1.40 bits per heavy atom. The lowest BCUT2D eigenvalue weighted by Crippen LogP contribution is -2.12. The number of aromatic amines is 1. The molecule has 0 spiro atoms. The third-order valence-electron chi connectivity index (χ3n) is 2.49. The van der Waals surface area contributed by atoms with E-state index in [1.165, 1.54) is 7.11 Å². The van der Waals surface area contributed by atoms with Crippen LogP contribution < -0.4 is 0 Å². The van der Waals surface area contributed by atoms with Crippen LogP contribution in [0.2, 0.25) is 0 Å². The molecule has 0 fully saturated rings. The van der Waals surface area contributed by atoms with Crippen LogP contribution in [0.15, 0.2) is 4.90 Å². The van der Waals surface area contributed by atoms with Crippen molar-refractivity contribution in [3.63, 3.8) is 0 Å². The lowest BCUT2D eigenvalue weighted by molar-refractivity contribution is 0.0457. The molecule has 0 aliphatic heterocycles. The molecular weight excluding hydrogens is 308 g/mol. The number of carbonyl (C=O) groups excluding carboxylic acids is 1. The van der Waals surface area contributed by atoms with Crippen LogP contribution in [-0.2, 0) is 18.5 Å². The fourth-order valence-electron chi connectivity index (χ4n) is 1.56. The van der Waals surface area contributed by atoms with Gasteiger partial charge in [-0.3, -0.25) is 5.10 Å². The molecule has 0 aliphatic rings. The van der Waals surface area contributed by atoms with Gasteiger partial charge in [-0.15, -0.1) is 0 Å². The maximum absolute atomic E-state index is 11.8. The normalized spacial score (nSPS) is 11.8. The molecule has 20 heavy (non-hydrogen) atoms. The van der Waals surface area contributed by atoms with Crippen molar-refractivity contribution >= 4 is 25.7 Å². The number of carbonyl (C=O) groups is 1. The van der Waals surface area contributed by atoms with Crippen LogP contribution in [0.5, 0.6) is 0 Å². The number of nitrogens with zero attached hydrogens (tertiary/aromatic N) is 1. The molecule has 0 saturated heterocycles. The maximum Gasteiger partial charge on any atom is 0.360 e. The van der Waals surface area contributed by atoms with Gasteiger partial charge in [0.1, 0.15) is 4.90 Å². The zero-order chi connectivity index (χ0) is 15.3. The summed E-state index contributed by atoms with van der Waals surface area (Å²) in [5.41, 5.74) is -0.0371. The Morgan fingerprint density at radius 3 is 2.55 bits per heavy atom. The predicted octanol–water partition coefficient (Wildman–Crippen LogP) is 1.65. The van der Waals surface area contributed by atoms with Crippen molar-refractivity contribution < 1.29 is 22.7 Å². The third-order valence-corrected chi connectivity index (χ3v) is 3.85. The summed E-state index contributed by atoms with van der Waals surface area (Å²) in [6.07, 6.45) is 0.507. The van der Waals surface area contributed by atoms with Crippen LogP contribution in [0.4, 0.5) is 0 Å². The highest BCUT2D eigenvalue weighted by atomic mass is 35.7. The molecule has 1 aromatic heterocycles. The molecule has 1 heterocycles. The molecule has 0 saturated carbocycles. The molecular formula is C11H17ClN2O5S. The molecule has 1 rings (SSSR count). The minimum Gasteiger partial charge on any atom is -0.461 e. The summed E-state index contributed by atoms with van der Waals surface area (Å²) in [6.45, 7) is 4.06. The van der Waals surface area contributed by atoms with Crippen molar-refractivity contribution in [1.82, 2.24) is 10.2 Å². The summed E-state index contributed by atoms with van der Waals surface area (Å²) in [5.74, 6) is -1.01. The summed E-state index contributed by atoms with van der Waals surface area (Å²) >= 11 is 0. The smallest absolute Gasteiger partial charge is 0.360 e. The molecule has 0 atom stereocenters. The van der Waals surface area contributed by atoms with E-state index in [0.29, 0.717) is 13.0 Å². The second kappa shape index (κ2) is 7.05. The van der Waals surface area contributed by atoms with E-state index in [4.69, 9.17) is 20.2 Å². The molecule has 0 unspecified atom stereocenters. The number of hydrogen-bond donors (Lipinski definition) is 1. The standard InChI is InChI=1S/C11H17ClN2O5S/c1-7(2)8-10(20(12,16)17)9(14-13-8)11(15)19-6-4-5-18-3/h7H,4-6H2,1-3H3,(H,13,14). The van der Waals surface area contributed by atoms with Gasteiger partial charge in [-0.05, 0) is 5.92 Å². The first kappa shape index (κ1) is 16.9. The van der Waals surface area contributed by atoms with Crippen molar-refractivity contribution in [2.45, 2.75) is 31.1 Å². The second-order valence-corrected chi connectivity index (χ2v) is 6.89. The fourth-order valence-corrected chi connectivity index (χ4v) is 2.93. The second-order valence-electron chi connectivity index (χ2n) is 4.39. The van der Waals surface area contributed by atoms with Gasteiger partial charge in [0.2, 0.25) is 0 Å². The number of methoxy groups -OCH3 is 1. The number of aromatic nitrogens is 2. The Hall–Kier alpha value is -1.12. The quantitative estimate of drug-likeness (QED) is 0.465. The lowest BCUT2D eigenvalue weighted by Gasteiger charge is -2.05. The van der Waals surface area contributed by atoms with Gasteiger partial charge < -0.3 is 9.47 Å². The summed E-state index contributed by atoms with van der Waals surface area (Å²) in [4.78, 5) is 11.5. The van der Waals surface area contributed by atoms with Crippen LogP contribution in [0.25, 0.3) is 0 Å². The number of hydrogen-bond acceptors (Lipinski definition) is 6. The fraction of sp³-hybridized carbons (Fsp3) is 0.636. The molecule has 0 bridgehead atoms. The highest BCUT2D eigenvalue weighted by molar-refractivity contribution is 8.13. The zero-order valence-electron chi connectivity index (χ0n) is 11.5. The van der Waals surface area contributed by atoms with Crippen molar-refractivity contribution in [2.75, 3.05) is 20.3 Å². The molecule has 0 aliphatic carbocycles. The van der Waals surface area contributed by atoms with Gasteiger partial charge >= 0.3 is 5.97 Å². The van der Waals surface area contributed by atoms with Gasteiger partial charge in [0.15, 0.2) is 5.69 Å². The molecule has 0 amide bonds. The highest BCUT2D eigenvalue weighted by Gasteiger charge is 2.30. The number of nitrogens with one attached hydrogen (secondary N) is 1. The van der Waals surface area contributed by atoms with Gasteiger partial charge in [-0.1, -0.05) is 13.8 Å². The van der Waals surface area contributed by atoms with E-state index in [0.717, 1.165) is 0 Å². The van der Waals surface area contributed by atoms with Crippen molar-refractivity contribution in [3.8, 4) is 0 Å². The predicted molar refractivity (Wildman–Crippen MR) is 72.5 cm³/mol. The average molecular weight is 325 g/mol. The van der Waals surface area contributed by atoms with E-state index < -0.39 is 15.0 Å². The Balaban J connectivity index is 2.98. The van der Waals surface area contributed by atoms with Crippen LogP contribution in [0, 0.1) is 0 Å². The van der Waals surface area contributed by atoms with Gasteiger partial charge in [-0.25, -0.2) is 13.2 Å². The number of esters is 1. The Morgan fingerprint density at radius 2 is 2.05 bits per heavy atom. The number of H-pyrrole nitrogens is 1. The lowest BCUT2D eigenvalue weighted by atomic mass is 10.1. The van der Waals surface area contributed by atoms with Crippen molar-refractivity contribution in [1.29, 1.82) is 0 Å². The van der Waals surface area contributed by atoms with Gasteiger partial charge in [0.25, 0.3) is 9.05 Å². The highest BCUT2D eigenvalue weighted by Crippen LogP contribution is 2.28. The monoisotopic (exact) mass is 324 g/mol. The van der Waals surface area contributed by atoms with E-state index in [9.17, 15) is 13.2 Å². The molecule has 0 radical (unpaired) electrons. The molecule has 114 valence electrons. The Bertz CT molecular complexity index is 567. The van der Waals surface area contributed by atoms with E-state index in [2.05, 4.69) is 10.2 Å². The minimum atomic E-state index is -4.09.